The van der Waals surface area contributed by atoms with E-state index in [1.165, 1.54) is 5.56 Å². The number of rotatable bonds is 9. The fraction of sp³-hybridized carbons (Fsp3) is 0.600. The molecule has 1 N–H and O–H groups in total. The molecule has 0 aliphatic heterocycles. The average Bonchev–Trinajstić information content (AvgIpc) is 2.37. The summed E-state index contributed by atoms with van der Waals surface area (Å²) in [5, 5.41) is 3.39. The summed E-state index contributed by atoms with van der Waals surface area (Å²) in [6, 6.07) is 4.18. The summed E-state index contributed by atoms with van der Waals surface area (Å²) in [5.41, 5.74) is 1.22. The SMILES string of the molecule is CCCNCc1cc(Br)c(OCCOC(C)C)c(Br)c1. The van der Waals surface area contributed by atoms with Crippen LogP contribution in [0.4, 0.5) is 0 Å². The van der Waals surface area contributed by atoms with Crippen molar-refractivity contribution >= 4 is 31.9 Å². The Morgan fingerprint density at radius 2 is 1.80 bits per heavy atom. The molecule has 0 radical (unpaired) electrons. The van der Waals surface area contributed by atoms with Gasteiger partial charge in [0.25, 0.3) is 0 Å². The van der Waals surface area contributed by atoms with E-state index in [4.69, 9.17) is 9.47 Å². The van der Waals surface area contributed by atoms with Crippen molar-refractivity contribution in [3.63, 3.8) is 0 Å². The zero-order valence-electron chi connectivity index (χ0n) is 12.3. The summed E-state index contributed by atoms with van der Waals surface area (Å²) in [5.74, 6) is 0.830. The molecule has 0 unspecified atom stereocenters. The first-order chi connectivity index (χ1) is 9.54. The van der Waals surface area contributed by atoms with Gasteiger partial charge in [0.2, 0.25) is 0 Å². The van der Waals surface area contributed by atoms with Crippen LogP contribution in [-0.4, -0.2) is 25.9 Å². The Morgan fingerprint density at radius 3 is 2.35 bits per heavy atom. The molecule has 3 nitrogen and oxygen atoms in total. The van der Waals surface area contributed by atoms with Crippen LogP contribution in [0.5, 0.6) is 5.75 Å². The Labute approximate surface area is 138 Å². The fourth-order valence-corrected chi connectivity index (χ4v) is 3.20. The first-order valence-corrected chi connectivity index (χ1v) is 8.56. The molecule has 0 amide bonds. The quantitative estimate of drug-likeness (QED) is 0.609. The molecule has 0 saturated heterocycles. The molecule has 1 aromatic rings. The van der Waals surface area contributed by atoms with Crippen LogP contribution in [0.2, 0.25) is 0 Å². The standard InChI is InChI=1S/C15H23Br2NO2/c1-4-5-18-10-12-8-13(16)15(14(17)9-12)20-7-6-19-11(2)3/h8-9,11,18H,4-7,10H2,1-3H3. The molecule has 0 fully saturated rings. The second-order valence-electron chi connectivity index (χ2n) is 4.83. The summed E-state index contributed by atoms with van der Waals surface area (Å²) in [4.78, 5) is 0. The topological polar surface area (TPSA) is 30.5 Å². The zero-order chi connectivity index (χ0) is 15.0. The van der Waals surface area contributed by atoms with E-state index >= 15 is 0 Å². The molecule has 20 heavy (non-hydrogen) atoms. The zero-order valence-corrected chi connectivity index (χ0v) is 15.5. The van der Waals surface area contributed by atoms with Crippen LogP contribution in [-0.2, 0) is 11.3 Å². The Morgan fingerprint density at radius 1 is 1.15 bits per heavy atom. The van der Waals surface area contributed by atoms with Crippen LogP contribution in [0.15, 0.2) is 21.1 Å². The normalized spacial score (nSPS) is 11.1. The van der Waals surface area contributed by atoms with Crippen molar-refractivity contribution in [2.75, 3.05) is 19.8 Å². The maximum Gasteiger partial charge on any atom is 0.147 e. The molecule has 114 valence electrons. The highest BCUT2D eigenvalue weighted by Crippen LogP contribution is 2.34. The van der Waals surface area contributed by atoms with Crippen molar-refractivity contribution in [2.24, 2.45) is 0 Å². The minimum Gasteiger partial charge on any atom is -0.489 e. The number of benzene rings is 1. The van der Waals surface area contributed by atoms with Gasteiger partial charge in [0.1, 0.15) is 12.4 Å². The van der Waals surface area contributed by atoms with Gasteiger partial charge in [-0.1, -0.05) is 6.92 Å². The predicted octanol–water partition coefficient (Wildman–Crippen LogP) is 4.52. The molecule has 0 spiro atoms. The maximum atomic E-state index is 5.76. The van der Waals surface area contributed by atoms with E-state index in [1.54, 1.807) is 0 Å². The van der Waals surface area contributed by atoms with E-state index in [1.807, 2.05) is 13.8 Å². The average molecular weight is 409 g/mol. The first kappa shape index (κ1) is 18.0. The second-order valence-corrected chi connectivity index (χ2v) is 6.54. The number of nitrogens with one attached hydrogen (secondary N) is 1. The lowest BCUT2D eigenvalue weighted by Crippen LogP contribution is -2.14. The molecule has 1 aromatic carbocycles. The van der Waals surface area contributed by atoms with Crippen LogP contribution in [0.1, 0.15) is 32.8 Å². The molecule has 1 rings (SSSR count). The molecule has 0 aliphatic rings. The van der Waals surface area contributed by atoms with Crippen LogP contribution in [0.3, 0.4) is 0 Å². The number of halogens is 2. The smallest absolute Gasteiger partial charge is 0.147 e. The van der Waals surface area contributed by atoms with Gasteiger partial charge in [-0.25, -0.2) is 0 Å². The number of hydrogen-bond acceptors (Lipinski definition) is 3. The first-order valence-electron chi connectivity index (χ1n) is 6.97. The van der Waals surface area contributed by atoms with E-state index in [0.29, 0.717) is 13.2 Å². The molecule has 0 bridgehead atoms. The third kappa shape index (κ3) is 6.57. The second kappa shape index (κ2) is 9.77. The third-order valence-electron chi connectivity index (χ3n) is 2.59. The van der Waals surface area contributed by atoms with E-state index in [-0.39, 0.29) is 6.10 Å². The molecule has 0 aromatic heterocycles. The predicted molar refractivity (Wildman–Crippen MR) is 90.4 cm³/mol. The minimum atomic E-state index is 0.234. The van der Waals surface area contributed by atoms with Crippen LogP contribution in [0.25, 0.3) is 0 Å². The molecular formula is C15H23Br2NO2. The Balaban J connectivity index is 2.55. The Hall–Kier alpha value is -0.100. The van der Waals surface area contributed by atoms with E-state index in [0.717, 1.165) is 34.2 Å². The highest BCUT2D eigenvalue weighted by molar-refractivity contribution is 9.11. The summed E-state index contributed by atoms with van der Waals surface area (Å²) >= 11 is 7.13. The van der Waals surface area contributed by atoms with Gasteiger partial charge in [-0.3, -0.25) is 0 Å². The highest BCUT2D eigenvalue weighted by Gasteiger charge is 2.09. The lowest BCUT2D eigenvalue weighted by molar-refractivity contribution is 0.0549. The van der Waals surface area contributed by atoms with Crippen molar-refractivity contribution in [3.05, 3.63) is 26.6 Å². The van der Waals surface area contributed by atoms with E-state index < -0.39 is 0 Å². The number of ether oxygens (including phenoxy) is 2. The van der Waals surface area contributed by atoms with E-state index in [9.17, 15) is 0 Å². The van der Waals surface area contributed by atoms with Gasteiger partial charge in [0.15, 0.2) is 0 Å². The summed E-state index contributed by atoms with van der Waals surface area (Å²) < 4.78 is 13.2. The monoisotopic (exact) mass is 407 g/mol. The summed E-state index contributed by atoms with van der Waals surface area (Å²) in [7, 11) is 0. The van der Waals surface area contributed by atoms with Crippen molar-refractivity contribution in [2.45, 2.75) is 39.8 Å². The minimum absolute atomic E-state index is 0.234. The molecular weight excluding hydrogens is 386 g/mol. The lowest BCUT2D eigenvalue weighted by Gasteiger charge is -2.13. The lowest BCUT2D eigenvalue weighted by atomic mass is 10.2. The van der Waals surface area contributed by atoms with Gasteiger partial charge in [-0.15, -0.1) is 0 Å². The van der Waals surface area contributed by atoms with Gasteiger partial charge in [0.05, 0.1) is 21.7 Å². The molecule has 5 heteroatoms. The van der Waals surface area contributed by atoms with Gasteiger partial charge in [-0.2, -0.15) is 0 Å². The fourth-order valence-electron chi connectivity index (χ4n) is 1.69. The van der Waals surface area contributed by atoms with Gasteiger partial charge in [0, 0.05) is 6.54 Å². The van der Waals surface area contributed by atoms with Crippen molar-refractivity contribution in [3.8, 4) is 5.75 Å². The van der Waals surface area contributed by atoms with Crippen molar-refractivity contribution < 1.29 is 9.47 Å². The highest BCUT2D eigenvalue weighted by atomic mass is 79.9. The number of hydrogen-bond donors (Lipinski definition) is 1. The molecule has 0 atom stereocenters. The molecule has 0 saturated carbocycles. The summed E-state index contributed by atoms with van der Waals surface area (Å²) in [6.07, 6.45) is 1.37. The van der Waals surface area contributed by atoms with Gasteiger partial charge in [-0.05, 0) is 76.4 Å². The molecule has 0 aliphatic carbocycles. The van der Waals surface area contributed by atoms with E-state index in [2.05, 4.69) is 56.2 Å². The largest absolute Gasteiger partial charge is 0.489 e. The van der Waals surface area contributed by atoms with Crippen molar-refractivity contribution in [1.29, 1.82) is 0 Å². The van der Waals surface area contributed by atoms with Crippen LogP contribution >= 0.6 is 31.9 Å². The van der Waals surface area contributed by atoms with Crippen LogP contribution in [0, 0.1) is 0 Å². The maximum absolute atomic E-state index is 5.76. The van der Waals surface area contributed by atoms with Gasteiger partial charge >= 0.3 is 0 Å². The Bertz CT molecular complexity index is 388. The Kier molecular flexibility index (Phi) is 8.77. The summed E-state index contributed by atoms with van der Waals surface area (Å²) in [6.45, 7) is 9.23. The molecule has 0 heterocycles. The van der Waals surface area contributed by atoms with Crippen LogP contribution < -0.4 is 10.1 Å². The van der Waals surface area contributed by atoms with Crippen molar-refractivity contribution in [1.82, 2.24) is 5.32 Å². The van der Waals surface area contributed by atoms with Gasteiger partial charge < -0.3 is 14.8 Å². The third-order valence-corrected chi connectivity index (χ3v) is 3.77.